The third-order valence-corrected chi connectivity index (χ3v) is 7.26. The lowest BCUT2D eigenvalue weighted by Crippen LogP contribution is -2.52. The lowest BCUT2D eigenvalue weighted by molar-refractivity contribution is -0.142. The molecule has 4 aromatic rings. The van der Waals surface area contributed by atoms with E-state index < -0.39 is 6.04 Å². The van der Waals surface area contributed by atoms with E-state index in [1.54, 1.807) is 48.1 Å². The van der Waals surface area contributed by atoms with E-state index in [0.29, 0.717) is 23.4 Å². The van der Waals surface area contributed by atoms with Gasteiger partial charge in [0.05, 0.1) is 19.7 Å². The lowest BCUT2D eigenvalue weighted by Gasteiger charge is -2.37. The van der Waals surface area contributed by atoms with Gasteiger partial charge >= 0.3 is 0 Å². The van der Waals surface area contributed by atoms with Crippen LogP contribution in [0.15, 0.2) is 84.9 Å². The summed E-state index contributed by atoms with van der Waals surface area (Å²) in [7, 11) is 3.21. The van der Waals surface area contributed by atoms with Crippen LogP contribution in [0.1, 0.15) is 24.8 Å². The standard InChI is InChI=1S/C31H33N5O4/c1-39-25-16-12-22(13-17-25)20-35(29(37)21-36-28-11-7-6-10-27(28)33-34-36)30(23-8-4-3-5-9-23)31(38)32-24-14-18-26(40-2)19-15-24/h3-4,6-7,10-19,23,30H,5,8-9,20-21H2,1-2H3,(H,32,38)/t23-,30-/m0/s1. The van der Waals surface area contributed by atoms with E-state index in [-0.39, 0.29) is 30.8 Å². The maximum Gasteiger partial charge on any atom is 0.247 e. The van der Waals surface area contributed by atoms with Crippen molar-refractivity contribution < 1.29 is 19.1 Å². The molecule has 0 aliphatic heterocycles. The van der Waals surface area contributed by atoms with Gasteiger partial charge in [-0.05, 0) is 79.3 Å². The van der Waals surface area contributed by atoms with Crippen molar-refractivity contribution in [2.24, 2.45) is 5.92 Å². The molecule has 2 atom stereocenters. The number of aromatic nitrogens is 3. The van der Waals surface area contributed by atoms with Crippen LogP contribution in [0.25, 0.3) is 11.0 Å². The Labute approximate surface area is 233 Å². The molecule has 0 fully saturated rings. The van der Waals surface area contributed by atoms with E-state index in [9.17, 15) is 9.59 Å². The van der Waals surface area contributed by atoms with E-state index in [1.165, 1.54) is 0 Å². The number of benzene rings is 3. The number of allylic oxidation sites excluding steroid dienone is 2. The summed E-state index contributed by atoms with van der Waals surface area (Å²) in [5.74, 6) is 0.940. The summed E-state index contributed by atoms with van der Waals surface area (Å²) in [6.45, 7) is 0.224. The molecule has 1 aromatic heterocycles. The Morgan fingerprint density at radius 1 is 0.975 bits per heavy atom. The number of anilines is 1. The summed E-state index contributed by atoms with van der Waals surface area (Å²) in [5, 5.41) is 11.5. The minimum absolute atomic E-state index is 0.0362. The van der Waals surface area contributed by atoms with Crippen LogP contribution in [0.3, 0.4) is 0 Å². The highest BCUT2D eigenvalue weighted by atomic mass is 16.5. The molecule has 2 amide bonds. The van der Waals surface area contributed by atoms with Crippen LogP contribution in [-0.4, -0.2) is 52.0 Å². The van der Waals surface area contributed by atoms with Crippen molar-refractivity contribution in [3.05, 3.63) is 90.5 Å². The number of carbonyl (C=O) groups is 2. The van der Waals surface area contributed by atoms with Crippen LogP contribution in [0.5, 0.6) is 11.5 Å². The highest BCUT2D eigenvalue weighted by Crippen LogP contribution is 2.29. The van der Waals surface area contributed by atoms with Gasteiger partial charge in [-0.25, -0.2) is 4.68 Å². The Bertz CT molecular complexity index is 1480. The molecule has 9 heteroatoms. The minimum Gasteiger partial charge on any atom is -0.497 e. The Hall–Kier alpha value is -4.66. The van der Waals surface area contributed by atoms with Crippen LogP contribution in [-0.2, 0) is 22.7 Å². The molecule has 1 N–H and O–H groups in total. The number of para-hydroxylation sites is 1. The summed E-state index contributed by atoms with van der Waals surface area (Å²) in [5.41, 5.74) is 3.01. The topological polar surface area (TPSA) is 98.6 Å². The summed E-state index contributed by atoms with van der Waals surface area (Å²) in [6, 6.07) is 21.6. The van der Waals surface area contributed by atoms with Crippen molar-refractivity contribution in [1.29, 1.82) is 0 Å². The van der Waals surface area contributed by atoms with Crippen molar-refractivity contribution in [2.75, 3.05) is 19.5 Å². The van der Waals surface area contributed by atoms with Crippen LogP contribution in [0.4, 0.5) is 5.69 Å². The van der Waals surface area contributed by atoms with Crippen molar-refractivity contribution in [2.45, 2.75) is 38.4 Å². The fourth-order valence-electron chi connectivity index (χ4n) is 5.13. The number of carbonyl (C=O) groups excluding carboxylic acids is 2. The number of ether oxygens (including phenoxy) is 2. The van der Waals surface area contributed by atoms with Gasteiger partial charge in [-0.2, -0.15) is 0 Å². The van der Waals surface area contributed by atoms with E-state index >= 15 is 0 Å². The molecule has 1 aliphatic rings. The Morgan fingerprint density at radius 3 is 2.35 bits per heavy atom. The number of amides is 2. The molecule has 206 valence electrons. The zero-order valence-electron chi connectivity index (χ0n) is 22.7. The minimum atomic E-state index is -0.698. The fraction of sp³-hybridized carbons (Fsp3) is 0.290. The quantitative estimate of drug-likeness (QED) is 0.290. The highest BCUT2D eigenvalue weighted by molar-refractivity contribution is 5.97. The number of nitrogens with zero attached hydrogens (tertiary/aromatic N) is 4. The van der Waals surface area contributed by atoms with E-state index in [1.807, 2.05) is 48.5 Å². The van der Waals surface area contributed by atoms with Crippen LogP contribution >= 0.6 is 0 Å². The zero-order chi connectivity index (χ0) is 27.9. The number of hydrogen-bond acceptors (Lipinski definition) is 6. The van der Waals surface area contributed by atoms with E-state index in [0.717, 1.165) is 29.7 Å². The van der Waals surface area contributed by atoms with E-state index in [2.05, 4.69) is 27.8 Å². The molecule has 0 bridgehead atoms. The predicted octanol–water partition coefficient (Wildman–Crippen LogP) is 4.84. The summed E-state index contributed by atoms with van der Waals surface area (Å²) < 4.78 is 12.2. The first kappa shape index (κ1) is 26.9. The molecule has 0 saturated carbocycles. The molecule has 40 heavy (non-hydrogen) atoms. The molecule has 0 spiro atoms. The average molecular weight is 540 g/mol. The van der Waals surface area contributed by atoms with Crippen molar-refractivity contribution in [3.8, 4) is 11.5 Å². The van der Waals surface area contributed by atoms with Gasteiger partial charge in [0.15, 0.2) is 0 Å². The van der Waals surface area contributed by atoms with Crippen molar-refractivity contribution in [1.82, 2.24) is 19.9 Å². The molecule has 0 unspecified atom stereocenters. The number of hydrogen-bond donors (Lipinski definition) is 1. The first-order valence-electron chi connectivity index (χ1n) is 13.4. The summed E-state index contributed by atoms with van der Waals surface area (Å²) >= 11 is 0. The van der Waals surface area contributed by atoms with E-state index in [4.69, 9.17) is 9.47 Å². The van der Waals surface area contributed by atoms with Gasteiger partial charge < -0.3 is 19.7 Å². The molecular formula is C31H33N5O4. The Kier molecular flexibility index (Phi) is 8.39. The van der Waals surface area contributed by atoms with Gasteiger partial charge in [-0.15, -0.1) is 5.10 Å². The molecule has 3 aromatic carbocycles. The maximum absolute atomic E-state index is 14.1. The molecule has 1 heterocycles. The third-order valence-electron chi connectivity index (χ3n) is 7.26. The van der Waals surface area contributed by atoms with Crippen LogP contribution < -0.4 is 14.8 Å². The summed E-state index contributed by atoms with van der Waals surface area (Å²) in [6.07, 6.45) is 6.60. The Morgan fingerprint density at radius 2 is 1.68 bits per heavy atom. The number of nitrogens with one attached hydrogen (secondary N) is 1. The predicted molar refractivity (Wildman–Crippen MR) is 153 cm³/mol. The summed E-state index contributed by atoms with van der Waals surface area (Å²) in [4.78, 5) is 29.8. The SMILES string of the molecule is COc1ccc(CN(C(=O)Cn2nnc3ccccc32)[C@H](C(=O)Nc2ccc(OC)cc2)[C@H]2CC=CCC2)cc1. The molecule has 0 saturated heterocycles. The fourth-order valence-corrected chi connectivity index (χ4v) is 5.13. The molecule has 1 aliphatic carbocycles. The molecule has 9 nitrogen and oxygen atoms in total. The van der Waals surface area contributed by atoms with Gasteiger partial charge in [-0.1, -0.05) is 41.6 Å². The van der Waals surface area contributed by atoms with Crippen molar-refractivity contribution >= 4 is 28.5 Å². The molecule has 5 rings (SSSR count). The van der Waals surface area contributed by atoms with Gasteiger partial charge in [0.25, 0.3) is 0 Å². The first-order valence-corrected chi connectivity index (χ1v) is 13.4. The molecular weight excluding hydrogens is 506 g/mol. The Balaban J connectivity index is 1.49. The van der Waals surface area contributed by atoms with Gasteiger partial charge in [0.1, 0.15) is 29.6 Å². The highest BCUT2D eigenvalue weighted by Gasteiger charge is 2.37. The van der Waals surface area contributed by atoms with Gasteiger partial charge in [0, 0.05) is 12.2 Å². The number of rotatable bonds is 10. The number of fused-ring (bicyclic) bond motifs is 1. The second-order valence-corrected chi connectivity index (χ2v) is 9.81. The number of methoxy groups -OCH3 is 2. The lowest BCUT2D eigenvalue weighted by atomic mass is 9.85. The third kappa shape index (κ3) is 6.14. The zero-order valence-corrected chi connectivity index (χ0v) is 22.7. The van der Waals surface area contributed by atoms with Crippen molar-refractivity contribution in [3.63, 3.8) is 0 Å². The second kappa shape index (κ2) is 12.5. The smallest absolute Gasteiger partial charge is 0.247 e. The van der Waals surface area contributed by atoms with Gasteiger partial charge in [-0.3, -0.25) is 9.59 Å². The van der Waals surface area contributed by atoms with Crippen LogP contribution in [0, 0.1) is 5.92 Å². The second-order valence-electron chi connectivity index (χ2n) is 9.81. The largest absolute Gasteiger partial charge is 0.497 e. The van der Waals surface area contributed by atoms with Gasteiger partial charge in [0.2, 0.25) is 11.8 Å². The maximum atomic E-state index is 14.1. The molecule has 0 radical (unpaired) electrons. The normalized spacial score (nSPS) is 15.4. The first-order chi connectivity index (χ1) is 19.6. The monoisotopic (exact) mass is 539 g/mol. The van der Waals surface area contributed by atoms with Crippen LogP contribution in [0.2, 0.25) is 0 Å². The average Bonchev–Trinajstić information content (AvgIpc) is 3.40.